The van der Waals surface area contributed by atoms with Crippen molar-refractivity contribution in [3.05, 3.63) is 82.9 Å². The number of fused-ring (bicyclic) bond motifs is 1. The molecule has 0 unspecified atom stereocenters. The van der Waals surface area contributed by atoms with Gasteiger partial charge in [-0.2, -0.15) is 0 Å². The van der Waals surface area contributed by atoms with Gasteiger partial charge in [0.05, 0.1) is 10.2 Å². The monoisotopic (exact) mass is 420 g/mol. The highest BCUT2D eigenvalue weighted by atomic mass is 35.5. The first-order valence-electron chi connectivity index (χ1n) is 9.59. The molecule has 1 N–H and O–H groups in total. The van der Waals surface area contributed by atoms with E-state index < -0.39 is 0 Å². The summed E-state index contributed by atoms with van der Waals surface area (Å²) in [6.07, 6.45) is 2.15. The van der Waals surface area contributed by atoms with Gasteiger partial charge in [0, 0.05) is 22.7 Å². The van der Waals surface area contributed by atoms with Crippen molar-refractivity contribution in [2.75, 3.05) is 5.32 Å². The second-order valence-corrected chi connectivity index (χ2v) is 8.56. The van der Waals surface area contributed by atoms with Crippen LogP contribution in [0.4, 0.5) is 5.69 Å². The minimum Gasteiger partial charge on any atom is -0.326 e. The Labute approximate surface area is 179 Å². The second kappa shape index (κ2) is 8.76. The number of hydrogen-bond donors (Lipinski definition) is 1. The Hall–Kier alpha value is -2.69. The fourth-order valence-corrected chi connectivity index (χ4v) is 4.37. The van der Waals surface area contributed by atoms with E-state index in [0.717, 1.165) is 39.6 Å². The SMILES string of the molecule is Cc1ccc2nc(-c3ccc(NC(=O)CCCc4ccc(Cl)cc4)cc3)sc2c1. The van der Waals surface area contributed by atoms with Crippen LogP contribution in [0.5, 0.6) is 0 Å². The van der Waals surface area contributed by atoms with Crippen LogP contribution >= 0.6 is 22.9 Å². The van der Waals surface area contributed by atoms with Crippen molar-refractivity contribution in [2.45, 2.75) is 26.2 Å². The smallest absolute Gasteiger partial charge is 0.224 e. The molecule has 0 fully saturated rings. The third kappa shape index (κ3) is 5.03. The molecule has 29 heavy (non-hydrogen) atoms. The van der Waals surface area contributed by atoms with E-state index in [1.54, 1.807) is 11.3 Å². The lowest BCUT2D eigenvalue weighted by atomic mass is 10.1. The lowest BCUT2D eigenvalue weighted by molar-refractivity contribution is -0.116. The van der Waals surface area contributed by atoms with Crippen molar-refractivity contribution in [3.63, 3.8) is 0 Å². The highest BCUT2D eigenvalue weighted by molar-refractivity contribution is 7.21. The Morgan fingerprint density at radius 1 is 1.03 bits per heavy atom. The van der Waals surface area contributed by atoms with E-state index in [-0.39, 0.29) is 5.91 Å². The summed E-state index contributed by atoms with van der Waals surface area (Å²) in [7, 11) is 0. The van der Waals surface area contributed by atoms with Crippen LogP contribution in [0.3, 0.4) is 0 Å². The molecule has 0 radical (unpaired) electrons. The molecule has 1 aromatic heterocycles. The summed E-state index contributed by atoms with van der Waals surface area (Å²) in [6.45, 7) is 2.09. The summed E-state index contributed by atoms with van der Waals surface area (Å²) in [4.78, 5) is 16.9. The number of carbonyl (C=O) groups excluding carboxylic acids is 1. The van der Waals surface area contributed by atoms with E-state index in [9.17, 15) is 4.79 Å². The van der Waals surface area contributed by atoms with Crippen LogP contribution in [-0.2, 0) is 11.2 Å². The fraction of sp³-hybridized carbons (Fsp3) is 0.167. The Kier molecular flexibility index (Phi) is 5.93. The van der Waals surface area contributed by atoms with Crippen molar-refractivity contribution in [1.82, 2.24) is 4.98 Å². The fourth-order valence-electron chi connectivity index (χ4n) is 3.18. The van der Waals surface area contributed by atoms with E-state index in [1.165, 1.54) is 15.8 Å². The molecular weight excluding hydrogens is 400 g/mol. The van der Waals surface area contributed by atoms with Crippen LogP contribution in [0.1, 0.15) is 24.0 Å². The van der Waals surface area contributed by atoms with Gasteiger partial charge in [0.15, 0.2) is 0 Å². The average Bonchev–Trinajstić information content (AvgIpc) is 3.13. The number of carbonyl (C=O) groups is 1. The van der Waals surface area contributed by atoms with Crippen molar-refractivity contribution in [2.24, 2.45) is 0 Å². The molecule has 0 aliphatic carbocycles. The molecule has 0 aliphatic rings. The number of anilines is 1. The topological polar surface area (TPSA) is 42.0 Å². The number of rotatable bonds is 6. The van der Waals surface area contributed by atoms with Gasteiger partial charge in [0.2, 0.25) is 5.91 Å². The molecular formula is C24H21ClN2OS. The molecule has 0 aliphatic heterocycles. The second-order valence-electron chi connectivity index (χ2n) is 7.10. The quantitative estimate of drug-likeness (QED) is 0.369. The Bertz CT molecular complexity index is 1130. The summed E-state index contributed by atoms with van der Waals surface area (Å²) in [5, 5.41) is 4.70. The molecule has 3 nitrogen and oxygen atoms in total. The van der Waals surface area contributed by atoms with E-state index in [2.05, 4.69) is 30.4 Å². The highest BCUT2D eigenvalue weighted by Crippen LogP contribution is 2.31. The molecule has 0 saturated carbocycles. The highest BCUT2D eigenvalue weighted by Gasteiger charge is 2.08. The van der Waals surface area contributed by atoms with Crippen LogP contribution in [-0.4, -0.2) is 10.9 Å². The van der Waals surface area contributed by atoms with E-state index in [4.69, 9.17) is 16.6 Å². The molecule has 4 aromatic rings. The summed E-state index contributed by atoms with van der Waals surface area (Å²) in [5.41, 5.74) is 5.32. The lowest BCUT2D eigenvalue weighted by Gasteiger charge is -2.06. The standard InChI is InChI=1S/C24H21ClN2OS/c1-16-5-14-21-22(15-16)29-24(27-21)18-8-12-20(13-9-18)26-23(28)4-2-3-17-6-10-19(25)11-7-17/h5-15H,2-4H2,1H3,(H,26,28). The molecule has 0 atom stereocenters. The van der Waals surface area contributed by atoms with Gasteiger partial charge in [0.25, 0.3) is 0 Å². The molecule has 5 heteroatoms. The van der Waals surface area contributed by atoms with Crippen molar-refractivity contribution in [3.8, 4) is 10.6 Å². The van der Waals surface area contributed by atoms with Crippen LogP contribution in [0.25, 0.3) is 20.8 Å². The molecule has 1 amide bonds. The minimum atomic E-state index is 0.0298. The first-order chi connectivity index (χ1) is 14.1. The number of thiazole rings is 1. The van der Waals surface area contributed by atoms with Crippen molar-refractivity contribution in [1.29, 1.82) is 0 Å². The van der Waals surface area contributed by atoms with Gasteiger partial charge in [-0.25, -0.2) is 4.98 Å². The first kappa shape index (κ1) is 19.6. The summed E-state index contributed by atoms with van der Waals surface area (Å²) < 4.78 is 1.19. The molecule has 0 spiro atoms. The van der Waals surface area contributed by atoms with Gasteiger partial charge < -0.3 is 5.32 Å². The summed E-state index contributed by atoms with van der Waals surface area (Å²) in [6, 6.07) is 22.0. The maximum absolute atomic E-state index is 12.2. The Morgan fingerprint density at radius 3 is 2.55 bits per heavy atom. The number of nitrogens with zero attached hydrogens (tertiary/aromatic N) is 1. The van der Waals surface area contributed by atoms with Gasteiger partial charge in [-0.3, -0.25) is 4.79 Å². The lowest BCUT2D eigenvalue weighted by Crippen LogP contribution is -2.11. The Balaban J connectivity index is 1.33. The number of nitrogens with one attached hydrogen (secondary N) is 1. The van der Waals surface area contributed by atoms with Gasteiger partial charge in [-0.05, 0) is 79.4 Å². The zero-order valence-electron chi connectivity index (χ0n) is 16.1. The molecule has 0 saturated heterocycles. The predicted octanol–water partition coefficient (Wildman–Crippen LogP) is 6.89. The number of benzene rings is 3. The summed E-state index contributed by atoms with van der Waals surface area (Å²) >= 11 is 7.58. The first-order valence-corrected chi connectivity index (χ1v) is 10.8. The van der Waals surface area contributed by atoms with Crippen LogP contribution in [0.2, 0.25) is 5.02 Å². The number of aromatic nitrogens is 1. The molecule has 3 aromatic carbocycles. The number of amides is 1. The minimum absolute atomic E-state index is 0.0298. The van der Waals surface area contributed by atoms with Crippen LogP contribution in [0.15, 0.2) is 66.7 Å². The number of halogens is 1. The van der Waals surface area contributed by atoms with Gasteiger partial charge in [-0.1, -0.05) is 29.8 Å². The van der Waals surface area contributed by atoms with Crippen molar-refractivity contribution < 1.29 is 4.79 Å². The third-order valence-corrected chi connectivity index (χ3v) is 6.06. The Morgan fingerprint density at radius 2 is 1.79 bits per heavy atom. The number of hydrogen-bond acceptors (Lipinski definition) is 3. The van der Waals surface area contributed by atoms with Crippen molar-refractivity contribution >= 4 is 44.7 Å². The molecule has 4 rings (SSSR count). The molecule has 1 heterocycles. The van der Waals surface area contributed by atoms with E-state index in [1.807, 2.05) is 48.5 Å². The van der Waals surface area contributed by atoms with E-state index >= 15 is 0 Å². The van der Waals surface area contributed by atoms with Gasteiger partial charge in [-0.15, -0.1) is 11.3 Å². The number of aryl methyl sites for hydroxylation is 2. The summed E-state index contributed by atoms with van der Waals surface area (Å²) in [5.74, 6) is 0.0298. The maximum atomic E-state index is 12.2. The molecule has 146 valence electrons. The zero-order valence-corrected chi connectivity index (χ0v) is 17.7. The van der Waals surface area contributed by atoms with Gasteiger partial charge >= 0.3 is 0 Å². The van der Waals surface area contributed by atoms with Crippen LogP contribution in [0, 0.1) is 6.92 Å². The predicted molar refractivity (Wildman–Crippen MR) is 123 cm³/mol. The maximum Gasteiger partial charge on any atom is 0.224 e. The van der Waals surface area contributed by atoms with Crippen LogP contribution < -0.4 is 5.32 Å². The molecule has 0 bridgehead atoms. The van der Waals surface area contributed by atoms with E-state index in [0.29, 0.717) is 6.42 Å². The normalized spacial score (nSPS) is 11.0. The zero-order chi connectivity index (χ0) is 20.2. The third-order valence-electron chi connectivity index (χ3n) is 4.74. The van der Waals surface area contributed by atoms with Gasteiger partial charge in [0.1, 0.15) is 5.01 Å². The average molecular weight is 421 g/mol. The largest absolute Gasteiger partial charge is 0.326 e.